The van der Waals surface area contributed by atoms with Gasteiger partial charge in [0.15, 0.2) is 0 Å². The van der Waals surface area contributed by atoms with Crippen LogP contribution in [0.4, 0.5) is 0 Å². The molecule has 1 aliphatic rings. The molecule has 0 saturated carbocycles. The molecule has 2 atom stereocenters. The molecule has 1 heterocycles. The van der Waals surface area contributed by atoms with Gasteiger partial charge in [0.05, 0.1) is 12.2 Å². The maximum atomic E-state index is 13.2. The van der Waals surface area contributed by atoms with E-state index in [9.17, 15) is 9.59 Å². The van der Waals surface area contributed by atoms with Crippen molar-refractivity contribution < 1.29 is 19.1 Å². The first-order chi connectivity index (χ1) is 12.0. The maximum absolute atomic E-state index is 13.2. The fourth-order valence-electron chi connectivity index (χ4n) is 2.96. The van der Waals surface area contributed by atoms with E-state index in [4.69, 9.17) is 15.9 Å². The highest BCUT2D eigenvalue weighted by Gasteiger charge is 2.61. The number of benzene rings is 2. The zero-order chi connectivity index (χ0) is 18.0. The van der Waals surface area contributed by atoms with Crippen LogP contribution in [0.5, 0.6) is 5.75 Å². The second-order valence-corrected chi connectivity index (χ2v) is 6.45. The monoisotopic (exact) mass is 398 g/mol. The molecule has 3 rings (SSSR count). The van der Waals surface area contributed by atoms with Gasteiger partial charge in [-0.05, 0) is 30.7 Å². The number of terminal acetylenes is 1. The lowest BCUT2D eigenvalue weighted by atomic mass is 9.78. The molecular formula is C20H15BrO4. The first-order valence-corrected chi connectivity index (χ1v) is 8.55. The minimum atomic E-state index is -1.92. The number of hydrogen-bond donors (Lipinski definition) is 0. The largest absolute Gasteiger partial charge is 0.465 e. The van der Waals surface area contributed by atoms with Gasteiger partial charge in [-0.25, -0.2) is 4.79 Å². The number of ether oxygens (including phenoxy) is 2. The molecule has 0 saturated heterocycles. The average Bonchev–Trinajstić information content (AvgIpc) is 2.90. The highest BCUT2D eigenvalue weighted by atomic mass is 79.9. The number of Topliss-reactive ketones (excluding diaryl/α,β-unsaturated/α-hetero) is 1. The molecule has 0 aromatic heterocycles. The molecule has 0 amide bonds. The summed E-state index contributed by atoms with van der Waals surface area (Å²) in [5.74, 6) is 0.698. The zero-order valence-electron chi connectivity index (χ0n) is 13.5. The summed E-state index contributed by atoms with van der Waals surface area (Å²) in [6.45, 7) is 1.78. The van der Waals surface area contributed by atoms with Crippen LogP contribution in [-0.4, -0.2) is 24.0 Å². The van der Waals surface area contributed by atoms with Crippen LogP contribution in [0.2, 0.25) is 0 Å². The van der Waals surface area contributed by atoms with Crippen LogP contribution >= 0.6 is 15.9 Å². The van der Waals surface area contributed by atoms with Gasteiger partial charge in [0.25, 0.3) is 5.60 Å². The van der Waals surface area contributed by atoms with Crippen LogP contribution in [-0.2, 0) is 9.53 Å². The number of ketones is 1. The Morgan fingerprint density at radius 2 is 2.04 bits per heavy atom. The molecule has 0 radical (unpaired) electrons. The third kappa shape index (κ3) is 2.73. The Kier molecular flexibility index (Phi) is 4.65. The summed E-state index contributed by atoms with van der Waals surface area (Å²) in [7, 11) is 0. The van der Waals surface area contributed by atoms with Crippen LogP contribution in [0.25, 0.3) is 0 Å². The van der Waals surface area contributed by atoms with Crippen molar-refractivity contribution in [3.8, 4) is 18.1 Å². The summed E-state index contributed by atoms with van der Waals surface area (Å²) in [4.78, 5) is 26.0. The van der Waals surface area contributed by atoms with E-state index in [0.29, 0.717) is 21.3 Å². The van der Waals surface area contributed by atoms with Crippen LogP contribution in [0, 0.1) is 12.3 Å². The van der Waals surface area contributed by atoms with E-state index in [2.05, 4.69) is 21.9 Å². The Balaban J connectivity index is 2.18. The van der Waals surface area contributed by atoms with E-state index < -0.39 is 23.3 Å². The zero-order valence-corrected chi connectivity index (χ0v) is 15.1. The third-order valence-corrected chi connectivity index (χ3v) is 4.57. The normalized spacial score (nSPS) is 19.5. The number of rotatable bonds is 4. The number of halogens is 1. The topological polar surface area (TPSA) is 52.6 Å². The summed E-state index contributed by atoms with van der Waals surface area (Å²) in [6, 6.07) is 13.9. The second-order valence-electron chi connectivity index (χ2n) is 5.54. The van der Waals surface area contributed by atoms with E-state index in [1.54, 1.807) is 49.4 Å². The van der Waals surface area contributed by atoms with Crippen molar-refractivity contribution in [2.75, 3.05) is 6.61 Å². The highest BCUT2D eigenvalue weighted by Crippen LogP contribution is 2.44. The minimum absolute atomic E-state index is 0.114. The van der Waals surface area contributed by atoms with Crippen molar-refractivity contribution in [1.29, 1.82) is 0 Å². The molecule has 5 heteroatoms. The number of carbonyl (C=O) groups excluding carboxylic acids is 2. The molecule has 0 bridgehead atoms. The molecule has 2 aromatic carbocycles. The van der Waals surface area contributed by atoms with Gasteiger partial charge in [0.2, 0.25) is 5.78 Å². The Morgan fingerprint density at radius 1 is 1.32 bits per heavy atom. The smallest absolute Gasteiger partial charge is 0.360 e. The standard InChI is InChI=1S/C20H15BrO4/c1-3-16(13-8-6-5-7-9-13)20(19(23)24-4-2)18(22)15-12-14(21)10-11-17(15)25-20/h1,5-12,16H,4H2,2H3/t16-,20-/m1/s1. The van der Waals surface area contributed by atoms with Gasteiger partial charge in [0.1, 0.15) is 11.7 Å². The number of hydrogen-bond acceptors (Lipinski definition) is 4. The summed E-state index contributed by atoms with van der Waals surface area (Å²) in [5.41, 5.74) is -0.980. The van der Waals surface area contributed by atoms with Crippen LogP contribution in [0.15, 0.2) is 53.0 Å². The van der Waals surface area contributed by atoms with Crippen LogP contribution in [0.1, 0.15) is 28.8 Å². The first-order valence-electron chi connectivity index (χ1n) is 7.76. The summed E-state index contributed by atoms with van der Waals surface area (Å²) in [5, 5.41) is 0. The van der Waals surface area contributed by atoms with Crippen LogP contribution < -0.4 is 4.74 Å². The number of esters is 1. The first kappa shape index (κ1) is 17.2. The second kappa shape index (κ2) is 6.73. The van der Waals surface area contributed by atoms with Crippen molar-refractivity contribution in [2.45, 2.75) is 18.4 Å². The molecule has 25 heavy (non-hydrogen) atoms. The van der Waals surface area contributed by atoms with Crippen molar-refractivity contribution in [2.24, 2.45) is 0 Å². The SMILES string of the molecule is C#C[C@H](c1ccccc1)[C@@]1(C(=O)OCC)Oc2ccc(Br)cc2C1=O. The van der Waals surface area contributed by atoms with Crippen molar-refractivity contribution >= 4 is 27.7 Å². The van der Waals surface area contributed by atoms with Gasteiger partial charge in [0, 0.05) is 4.47 Å². The number of carbonyl (C=O) groups is 2. The molecule has 0 unspecified atom stereocenters. The molecule has 4 nitrogen and oxygen atoms in total. The molecule has 126 valence electrons. The predicted molar refractivity (Wildman–Crippen MR) is 96.5 cm³/mol. The Morgan fingerprint density at radius 3 is 2.68 bits per heavy atom. The van der Waals surface area contributed by atoms with E-state index in [-0.39, 0.29) is 6.61 Å². The van der Waals surface area contributed by atoms with E-state index in [0.717, 1.165) is 0 Å². The Hall–Kier alpha value is -2.58. The quantitative estimate of drug-likeness (QED) is 0.447. The van der Waals surface area contributed by atoms with Gasteiger partial charge in [-0.1, -0.05) is 52.2 Å². The average molecular weight is 399 g/mol. The lowest BCUT2D eigenvalue weighted by Gasteiger charge is -2.30. The van der Waals surface area contributed by atoms with Gasteiger partial charge >= 0.3 is 5.97 Å². The lowest BCUT2D eigenvalue weighted by Crippen LogP contribution is -2.53. The summed E-state index contributed by atoms with van der Waals surface area (Å²) in [6.07, 6.45) is 5.73. The lowest BCUT2D eigenvalue weighted by molar-refractivity contribution is -0.157. The predicted octanol–water partition coefficient (Wildman–Crippen LogP) is 3.74. The maximum Gasteiger partial charge on any atom is 0.360 e. The third-order valence-electron chi connectivity index (χ3n) is 4.08. The fourth-order valence-corrected chi connectivity index (χ4v) is 3.32. The molecule has 0 spiro atoms. The van der Waals surface area contributed by atoms with E-state index in [1.165, 1.54) is 0 Å². The molecule has 2 aromatic rings. The summed E-state index contributed by atoms with van der Waals surface area (Å²) >= 11 is 3.33. The van der Waals surface area contributed by atoms with E-state index >= 15 is 0 Å². The van der Waals surface area contributed by atoms with Gasteiger partial charge in [-0.15, -0.1) is 6.42 Å². The fraction of sp³-hybridized carbons (Fsp3) is 0.200. The molecule has 0 aliphatic carbocycles. The van der Waals surface area contributed by atoms with Gasteiger partial charge < -0.3 is 9.47 Å². The number of fused-ring (bicyclic) bond motifs is 1. The molecule has 0 fully saturated rings. The van der Waals surface area contributed by atoms with Gasteiger partial charge in [-0.3, -0.25) is 4.79 Å². The molecular weight excluding hydrogens is 384 g/mol. The Labute approximate surface area is 154 Å². The van der Waals surface area contributed by atoms with Crippen LogP contribution in [0.3, 0.4) is 0 Å². The van der Waals surface area contributed by atoms with Crippen molar-refractivity contribution in [3.05, 3.63) is 64.1 Å². The van der Waals surface area contributed by atoms with Gasteiger partial charge in [-0.2, -0.15) is 0 Å². The molecule has 1 aliphatic heterocycles. The Bertz CT molecular complexity index is 869. The minimum Gasteiger partial charge on any atom is -0.465 e. The summed E-state index contributed by atoms with van der Waals surface area (Å²) < 4.78 is 11.8. The van der Waals surface area contributed by atoms with Crippen molar-refractivity contribution in [3.63, 3.8) is 0 Å². The van der Waals surface area contributed by atoms with E-state index in [1.807, 2.05) is 6.07 Å². The highest BCUT2D eigenvalue weighted by molar-refractivity contribution is 9.10. The van der Waals surface area contributed by atoms with Crippen molar-refractivity contribution in [1.82, 2.24) is 0 Å². The molecule has 0 N–H and O–H groups in total.